The number of pyridine rings is 1. The first-order valence-electron chi connectivity index (χ1n) is 21.1. The zero-order valence-corrected chi connectivity index (χ0v) is 35.0. The Kier molecular flexibility index (Phi) is 12.0. The molecule has 2 aliphatic carbocycles. The van der Waals surface area contributed by atoms with Gasteiger partial charge in [-0.05, 0) is 113 Å². The quantitative estimate of drug-likeness (QED) is 0.171. The van der Waals surface area contributed by atoms with Gasteiger partial charge in [-0.2, -0.15) is 18.3 Å². The Balaban J connectivity index is 0.838. The number of nitrogens with zero attached hydrogens (tertiary/aromatic N) is 6. The van der Waals surface area contributed by atoms with Gasteiger partial charge in [-0.1, -0.05) is 24.6 Å². The lowest BCUT2D eigenvalue weighted by Crippen LogP contribution is -2.50. The van der Waals surface area contributed by atoms with Crippen molar-refractivity contribution in [3.05, 3.63) is 76.7 Å². The molecule has 5 amide bonds. The highest BCUT2D eigenvalue weighted by Gasteiger charge is 2.42. The number of ether oxygens (including phenoxy) is 1. The van der Waals surface area contributed by atoms with Gasteiger partial charge in [-0.25, -0.2) is 9.78 Å². The first-order valence-corrected chi connectivity index (χ1v) is 21.5. The second-order valence-corrected chi connectivity index (χ2v) is 17.2. The third-order valence-electron chi connectivity index (χ3n) is 13.4. The molecule has 17 heteroatoms. The maximum atomic E-state index is 13.7. The Morgan fingerprint density at radius 3 is 2.36 bits per heavy atom. The summed E-state index contributed by atoms with van der Waals surface area (Å²) >= 11 is 6.44. The van der Waals surface area contributed by atoms with Crippen LogP contribution >= 0.6 is 11.6 Å². The molecule has 324 valence electrons. The number of halogens is 4. The van der Waals surface area contributed by atoms with E-state index in [1.54, 1.807) is 30.3 Å². The lowest BCUT2D eigenvalue weighted by atomic mass is 9.66. The molecule has 2 aromatic carbocycles. The van der Waals surface area contributed by atoms with E-state index in [9.17, 15) is 32.3 Å². The Morgan fingerprint density at radius 1 is 0.967 bits per heavy atom. The molecule has 2 aliphatic heterocycles. The number of nitrogens with one attached hydrogen (secondary N) is 2. The number of rotatable bonds is 9. The highest BCUT2D eigenvalue weighted by atomic mass is 35.5. The molecule has 4 fully saturated rings. The van der Waals surface area contributed by atoms with Crippen molar-refractivity contribution >= 4 is 57.6 Å². The fourth-order valence-electron chi connectivity index (χ4n) is 9.96. The van der Waals surface area contributed by atoms with Crippen LogP contribution in [0.1, 0.15) is 110 Å². The Morgan fingerprint density at radius 2 is 1.69 bits per heavy atom. The second kappa shape index (κ2) is 17.3. The molecule has 2 aromatic heterocycles. The summed E-state index contributed by atoms with van der Waals surface area (Å²) in [5.74, 6) is -0.845. The van der Waals surface area contributed by atoms with Gasteiger partial charge in [-0.15, -0.1) is 0 Å². The number of urea groups is 1. The number of hydrogen-bond donors (Lipinski definition) is 2. The normalized spacial score (nSPS) is 21.2. The molecule has 0 radical (unpaired) electrons. The van der Waals surface area contributed by atoms with Crippen molar-refractivity contribution in [2.45, 2.75) is 102 Å². The van der Waals surface area contributed by atoms with E-state index in [1.807, 2.05) is 15.8 Å². The number of imide groups is 1. The maximum absolute atomic E-state index is 13.7. The summed E-state index contributed by atoms with van der Waals surface area (Å²) < 4.78 is 47.2. The van der Waals surface area contributed by atoms with E-state index in [1.165, 1.54) is 18.1 Å². The molecule has 1 spiro atoms. The molecule has 4 aliphatic rings. The first kappa shape index (κ1) is 42.5. The predicted molar refractivity (Wildman–Crippen MR) is 224 cm³/mol. The summed E-state index contributed by atoms with van der Waals surface area (Å²) in [5.41, 5.74) is 0.644. The van der Waals surface area contributed by atoms with Crippen LogP contribution in [0.2, 0.25) is 5.02 Å². The number of methoxy groups -OCH3 is 1. The number of carbonyl (C=O) groups excluding carboxylic acids is 4. The molecular formula is C44H50ClF3N8O5. The van der Waals surface area contributed by atoms with E-state index in [-0.39, 0.29) is 41.9 Å². The van der Waals surface area contributed by atoms with E-state index in [4.69, 9.17) is 21.4 Å². The Hall–Kier alpha value is -5.22. The number of amides is 5. The Labute approximate surface area is 356 Å². The van der Waals surface area contributed by atoms with Gasteiger partial charge in [0.2, 0.25) is 5.91 Å². The predicted octanol–water partition coefficient (Wildman–Crippen LogP) is 8.48. The van der Waals surface area contributed by atoms with Crippen molar-refractivity contribution in [3.63, 3.8) is 0 Å². The van der Waals surface area contributed by atoms with Crippen molar-refractivity contribution in [2.75, 3.05) is 43.5 Å². The molecule has 2 N–H and O–H groups in total. The van der Waals surface area contributed by atoms with Gasteiger partial charge >= 0.3 is 12.2 Å². The number of piperidine rings is 1. The van der Waals surface area contributed by atoms with Crippen LogP contribution in [0.5, 0.6) is 5.75 Å². The number of aromatic nitrogens is 3. The third-order valence-corrected chi connectivity index (χ3v) is 13.7. The number of fused-ring (bicyclic) bond motifs is 1. The van der Waals surface area contributed by atoms with Crippen LogP contribution < -0.4 is 20.3 Å². The van der Waals surface area contributed by atoms with E-state index < -0.39 is 23.8 Å². The smallest absolute Gasteiger partial charge is 0.433 e. The first-order chi connectivity index (χ1) is 29.2. The molecule has 2 saturated carbocycles. The van der Waals surface area contributed by atoms with Gasteiger partial charge in [0.05, 0.1) is 35.1 Å². The lowest BCUT2D eigenvalue weighted by Gasteiger charge is -2.49. The molecule has 61 heavy (non-hydrogen) atoms. The average Bonchev–Trinajstić information content (AvgIpc) is 3.68. The molecule has 0 bridgehead atoms. The number of hydrogen-bond acceptors (Lipinski definition) is 8. The van der Waals surface area contributed by atoms with Gasteiger partial charge in [0.15, 0.2) is 0 Å². The SMILES string of the molecule is CCN(C1CCC2(CC1)CCN(C(=O)c1ccc(Cl)c(N3CCC(=O)NC3=O)c1)CC2)[C@H]1CC[C@H](n2cc3cc(NC(=O)c4cccc(C(F)(F)F)n4)c(OC)cc3n2)CC1. The number of likely N-dealkylation sites (tertiary alicyclic amines) is 1. The van der Waals surface area contributed by atoms with Crippen LogP contribution in [0, 0.1) is 5.41 Å². The molecular weight excluding hydrogens is 813 g/mol. The van der Waals surface area contributed by atoms with Gasteiger partial charge in [-0.3, -0.25) is 34.2 Å². The number of anilines is 2. The largest absolute Gasteiger partial charge is 0.494 e. The van der Waals surface area contributed by atoms with Crippen LogP contribution in [-0.4, -0.2) is 93.7 Å². The third kappa shape index (κ3) is 8.92. The van der Waals surface area contributed by atoms with Crippen LogP contribution in [0.4, 0.5) is 29.3 Å². The number of benzene rings is 2. The van der Waals surface area contributed by atoms with Crippen LogP contribution in [0.15, 0.2) is 54.7 Å². The molecule has 4 aromatic rings. The summed E-state index contributed by atoms with van der Waals surface area (Å²) in [6.45, 7) is 4.82. The topological polar surface area (TPSA) is 142 Å². The van der Waals surface area contributed by atoms with Crippen LogP contribution in [0.3, 0.4) is 0 Å². The lowest BCUT2D eigenvalue weighted by molar-refractivity contribution is -0.141. The Bertz CT molecular complexity index is 2310. The summed E-state index contributed by atoms with van der Waals surface area (Å²) in [5, 5.41) is 11.0. The molecule has 8 rings (SSSR count). The summed E-state index contributed by atoms with van der Waals surface area (Å²) in [7, 11) is 1.46. The maximum Gasteiger partial charge on any atom is 0.433 e. The fraction of sp³-hybridized carbons (Fsp3) is 0.500. The molecule has 4 heterocycles. The van der Waals surface area contributed by atoms with E-state index in [0.717, 1.165) is 88.3 Å². The number of alkyl halides is 3. The van der Waals surface area contributed by atoms with Crippen LogP contribution in [-0.2, 0) is 11.0 Å². The summed E-state index contributed by atoms with van der Waals surface area (Å²) in [6, 6.07) is 12.3. The van der Waals surface area contributed by atoms with Gasteiger partial charge in [0, 0.05) is 61.4 Å². The van der Waals surface area contributed by atoms with E-state index >= 15 is 0 Å². The van der Waals surface area contributed by atoms with Crippen molar-refractivity contribution in [3.8, 4) is 5.75 Å². The van der Waals surface area contributed by atoms with Crippen molar-refractivity contribution in [1.29, 1.82) is 0 Å². The minimum Gasteiger partial charge on any atom is -0.494 e. The zero-order valence-electron chi connectivity index (χ0n) is 34.3. The van der Waals surface area contributed by atoms with E-state index in [0.29, 0.717) is 58.4 Å². The summed E-state index contributed by atoms with van der Waals surface area (Å²) in [4.78, 5) is 60.3. The standard InChI is InChI=1S/C44H50ClF3N8O5/c1-3-54(30-13-16-43(17-14-30)18-21-53(22-19-43)41(59)27-7-12-32(45)36(24-27)55-20-15-39(57)51-42(55)60)29-8-10-31(11-9-29)56-26-28-23-35(37(61-2)25-34(28)52-56)50-40(58)33-5-4-6-38(49-33)44(46,47)48/h4-7,12,23-26,29-31H,3,8-11,13-22H2,1-2H3,(H,50,58)(H,51,57,60)/t29-,31-. The minimum absolute atomic E-state index is 0.0749. The molecule has 0 atom stereocenters. The highest BCUT2D eigenvalue weighted by molar-refractivity contribution is 6.34. The highest BCUT2D eigenvalue weighted by Crippen LogP contribution is 2.47. The molecule has 13 nitrogen and oxygen atoms in total. The summed E-state index contributed by atoms with van der Waals surface area (Å²) in [6.07, 6.45) is 7.98. The van der Waals surface area contributed by atoms with E-state index in [2.05, 4.69) is 27.4 Å². The average molecular weight is 863 g/mol. The zero-order chi connectivity index (χ0) is 43.1. The molecule has 0 unspecified atom stereocenters. The van der Waals surface area contributed by atoms with Gasteiger partial charge in [0.1, 0.15) is 17.1 Å². The molecule has 2 saturated heterocycles. The van der Waals surface area contributed by atoms with Gasteiger partial charge < -0.3 is 15.0 Å². The van der Waals surface area contributed by atoms with Crippen molar-refractivity contribution in [2.24, 2.45) is 5.41 Å². The second-order valence-electron chi connectivity index (χ2n) is 16.8. The van der Waals surface area contributed by atoms with Crippen molar-refractivity contribution < 1.29 is 37.1 Å². The fourth-order valence-corrected chi connectivity index (χ4v) is 10.2. The number of carbonyl (C=O) groups is 4. The van der Waals surface area contributed by atoms with Crippen LogP contribution in [0.25, 0.3) is 10.9 Å². The van der Waals surface area contributed by atoms with Crippen molar-refractivity contribution in [1.82, 2.24) is 29.9 Å². The van der Waals surface area contributed by atoms with Gasteiger partial charge in [0.25, 0.3) is 11.8 Å². The monoisotopic (exact) mass is 862 g/mol. The minimum atomic E-state index is -4.67.